The van der Waals surface area contributed by atoms with Crippen LogP contribution in [0.25, 0.3) is 0 Å². The first-order valence-corrected chi connectivity index (χ1v) is 6.55. The fourth-order valence-electron chi connectivity index (χ4n) is 1.98. The number of amidine groups is 1. The number of carboxylic acid groups (broad SMARTS) is 2. The number of amides is 1. The number of pyridine rings is 1. The maximum absolute atomic E-state index is 12.1. The summed E-state index contributed by atoms with van der Waals surface area (Å²) in [7, 11) is 0. The molecule has 1 aliphatic rings. The molecule has 0 saturated carbocycles. The van der Waals surface area contributed by atoms with Gasteiger partial charge in [0.1, 0.15) is 11.2 Å². The lowest BCUT2D eigenvalue weighted by molar-refractivity contribution is -0.124. The molecule has 22 heavy (non-hydrogen) atoms. The van der Waals surface area contributed by atoms with E-state index in [-0.39, 0.29) is 34.5 Å². The predicted octanol–water partition coefficient (Wildman–Crippen LogP) is 0.769. The highest BCUT2D eigenvalue weighted by atomic mass is 16.4. The van der Waals surface area contributed by atoms with Crippen molar-refractivity contribution in [3.05, 3.63) is 29.1 Å². The minimum absolute atomic E-state index is 0.0375. The van der Waals surface area contributed by atoms with Gasteiger partial charge in [-0.05, 0) is 18.9 Å². The third-order valence-corrected chi connectivity index (χ3v) is 3.75. The van der Waals surface area contributed by atoms with Crippen LogP contribution in [-0.2, 0) is 4.79 Å². The molecule has 1 aromatic rings. The van der Waals surface area contributed by atoms with Crippen LogP contribution in [0, 0.1) is 5.92 Å². The van der Waals surface area contributed by atoms with Crippen LogP contribution in [-0.4, -0.2) is 44.4 Å². The molecule has 0 unspecified atom stereocenters. The Kier molecular flexibility index (Phi) is 3.70. The van der Waals surface area contributed by atoms with E-state index >= 15 is 0 Å². The fraction of sp³-hybridized carbons (Fsp3) is 0.357. The molecule has 0 spiro atoms. The number of nitrogens with zero attached hydrogens (tertiary/aromatic N) is 2. The van der Waals surface area contributed by atoms with Crippen LogP contribution in [0.4, 0.5) is 0 Å². The predicted molar refractivity (Wildman–Crippen MR) is 76.1 cm³/mol. The van der Waals surface area contributed by atoms with Gasteiger partial charge in [0, 0.05) is 6.20 Å². The van der Waals surface area contributed by atoms with Crippen LogP contribution in [0.5, 0.6) is 0 Å². The van der Waals surface area contributed by atoms with Crippen molar-refractivity contribution in [3.8, 4) is 0 Å². The quantitative estimate of drug-likeness (QED) is 0.753. The smallest absolute Gasteiger partial charge is 0.338 e. The number of rotatable bonds is 4. The molecule has 0 bridgehead atoms. The van der Waals surface area contributed by atoms with Gasteiger partial charge in [-0.25, -0.2) is 14.6 Å². The molecular formula is C14H15N3O5. The molecule has 0 saturated heterocycles. The van der Waals surface area contributed by atoms with E-state index in [0.29, 0.717) is 0 Å². The zero-order valence-corrected chi connectivity index (χ0v) is 12.2. The van der Waals surface area contributed by atoms with Crippen LogP contribution in [0.3, 0.4) is 0 Å². The van der Waals surface area contributed by atoms with E-state index in [2.05, 4.69) is 15.3 Å². The zero-order chi connectivity index (χ0) is 16.7. The summed E-state index contributed by atoms with van der Waals surface area (Å²) in [6.07, 6.45) is 1.03. The average Bonchev–Trinajstić information content (AvgIpc) is 2.75. The van der Waals surface area contributed by atoms with E-state index in [0.717, 1.165) is 12.3 Å². The number of aliphatic imine (C=N–C) groups is 1. The largest absolute Gasteiger partial charge is 0.478 e. The van der Waals surface area contributed by atoms with Crippen molar-refractivity contribution < 1.29 is 24.6 Å². The Balaban J connectivity index is 2.57. The Bertz CT molecular complexity index is 710. The lowest BCUT2D eigenvalue weighted by atomic mass is 9.89. The molecule has 2 rings (SSSR count). The van der Waals surface area contributed by atoms with Crippen molar-refractivity contribution in [3.63, 3.8) is 0 Å². The van der Waals surface area contributed by atoms with E-state index < -0.39 is 17.5 Å². The normalized spacial score (nSPS) is 20.7. The molecule has 3 N–H and O–H groups in total. The maximum Gasteiger partial charge on any atom is 0.338 e. The van der Waals surface area contributed by atoms with Gasteiger partial charge in [0.2, 0.25) is 0 Å². The Morgan fingerprint density at radius 1 is 1.27 bits per heavy atom. The van der Waals surface area contributed by atoms with Crippen molar-refractivity contribution >= 4 is 23.7 Å². The molecule has 8 nitrogen and oxygen atoms in total. The van der Waals surface area contributed by atoms with Gasteiger partial charge in [0.05, 0.1) is 11.1 Å². The standard InChI is InChI=1S/C14H15N3O5/c1-6(2)14(3)13(22)16-10(17-14)9-8(12(20)21)4-7(5-15-9)11(18)19/h4-6H,1-3H3,(H,18,19)(H,20,21)(H,16,17,22)/t14-/m0/s1. The number of aromatic nitrogens is 1. The number of carboxylic acids is 2. The second-order valence-corrected chi connectivity index (χ2v) is 5.45. The summed E-state index contributed by atoms with van der Waals surface area (Å²) in [4.78, 5) is 42.5. The van der Waals surface area contributed by atoms with Gasteiger partial charge in [-0.1, -0.05) is 13.8 Å². The molecule has 1 aliphatic heterocycles. The Morgan fingerprint density at radius 3 is 2.36 bits per heavy atom. The number of hydrogen-bond acceptors (Lipinski definition) is 5. The molecule has 1 atom stereocenters. The van der Waals surface area contributed by atoms with Crippen LogP contribution >= 0.6 is 0 Å². The van der Waals surface area contributed by atoms with Crippen LogP contribution in [0.2, 0.25) is 0 Å². The summed E-state index contributed by atoms with van der Waals surface area (Å²) in [5.74, 6) is -3.04. The second kappa shape index (κ2) is 5.21. The third-order valence-electron chi connectivity index (χ3n) is 3.75. The summed E-state index contributed by atoms with van der Waals surface area (Å²) >= 11 is 0. The monoisotopic (exact) mass is 305 g/mol. The summed E-state index contributed by atoms with van der Waals surface area (Å²) < 4.78 is 0. The molecule has 2 heterocycles. The molecule has 0 fully saturated rings. The molecular weight excluding hydrogens is 290 g/mol. The Labute approximate surface area is 125 Å². The summed E-state index contributed by atoms with van der Waals surface area (Å²) in [5, 5.41) is 20.7. The lowest BCUT2D eigenvalue weighted by Crippen LogP contribution is -2.41. The minimum atomic E-state index is -1.35. The number of aromatic carboxylic acids is 2. The zero-order valence-electron chi connectivity index (χ0n) is 12.2. The van der Waals surface area contributed by atoms with E-state index in [1.165, 1.54) is 0 Å². The first-order valence-electron chi connectivity index (χ1n) is 6.55. The van der Waals surface area contributed by atoms with Crippen molar-refractivity contribution in [2.75, 3.05) is 0 Å². The van der Waals surface area contributed by atoms with Crippen molar-refractivity contribution in [1.82, 2.24) is 10.3 Å². The van der Waals surface area contributed by atoms with Crippen LogP contribution in [0.15, 0.2) is 17.3 Å². The van der Waals surface area contributed by atoms with E-state index in [1.54, 1.807) is 6.92 Å². The van der Waals surface area contributed by atoms with Crippen LogP contribution in [0.1, 0.15) is 47.2 Å². The molecule has 1 amide bonds. The molecule has 8 heteroatoms. The average molecular weight is 305 g/mol. The highest BCUT2D eigenvalue weighted by Gasteiger charge is 2.43. The van der Waals surface area contributed by atoms with Gasteiger partial charge >= 0.3 is 11.9 Å². The Hall–Kier alpha value is -2.77. The van der Waals surface area contributed by atoms with Gasteiger partial charge in [-0.15, -0.1) is 0 Å². The molecule has 1 aromatic heterocycles. The van der Waals surface area contributed by atoms with Crippen molar-refractivity contribution in [2.24, 2.45) is 10.9 Å². The van der Waals surface area contributed by atoms with Gasteiger partial charge in [0.15, 0.2) is 5.84 Å². The van der Waals surface area contributed by atoms with E-state index in [9.17, 15) is 19.5 Å². The fourth-order valence-corrected chi connectivity index (χ4v) is 1.98. The first kappa shape index (κ1) is 15.6. The minimum Gasteiger partial charge on any atom is -0.478 e. The maximum atomic E-state index is 12.1. The van der Waals surface area contributed by atoms with Gasteiger partial charge in [-0.2, -0.15) is 0 Å². The van der Waals surface area contributed by atoms with Gasteiger partial charge in [0.25, 0.3) is 5.91 Å². The van der Waals surface area contributed by atoms with Crippen molar-refractivity contribution in [1.29, 1.82) is 0 Å². The van der Waals surface area contributed by atoms with E-state index in [1.807, 2.05) is 13.8 Å². The van der Waals surface area contributed by atoms with Gasteiger partial charge in [-0.3, -0.25) is 9.78 Å². The summed E-state index contributed by atoms with van der Waals surface area (Å²) in [5.41, 5.74) is -1.65. The summed E-state index contributed by atoms with van der Waals surface area (Å²) in [6, 6.07) is 0.993. The molecule has 0 aliphatic carbocycles. The highest BCUT2D eigenvalue weighted by Crippen LogP contribution is 2.27. The van der Waals surface area contributed by atoms with Gasteiger partial charge < -0.3 is 15.5 Å². The second-order valence-electron chi connectivity index (χ2n) is 5.45. The molecule has 0 aromatic carbocycles. The number of carbonyl (C=O) groups excluding carboxylic acids is 1. The topological polar surface area (TPSA) is 129 Å². The highest BCUT2D eigenvalue weighted by molar-refractivity contribution is 6.17. The first-order chi connectivity index (χ1) is 10.2. The number of nitrogens with one attached hydrogen (secondary N) is 1. The molecule has 116 valence electrons. The SMILES string of the molecule is CC(C)[C@]1(C)N=C(c2ncc(C(=O)O)cc2C(=O)O)NC1=O. The Morgan fingerprint density at radius 2 is 1.91 bits per heavy atom. The summed E-state index contributed by atoms with van der Waals surface area (Å²) in [6.45, 7) is 5.29. The van der Waals surface area contributed by atoms with Crippen LogP contribution < -0.4 is 5.32 Å². The third kappa shape index (κ3) is 2.43. The lowest BCUT2D eigenvalue weighted by Gasteiger charge is -2.21. The van der Waals surface area contributed by atoms with E-state index in [4.69, 9.17) is 5.11 Å². The number of hydrogen-bond donors (Lipinski definition) is 3. The number of carbonyl (C=O) groups is 3. The van der Waals surface area contributed by atoms with Crippen molar-refractivity contribution in [2.45, 2.75) is 26.3 Å². The molecule has 0 radical (unpaired) electrons.